The van der Waals surface area contributed by atoms with E-state index in [-0.39, 0.29) is 6.03 Å². The molecule has 0 bridgehead atoms. The average Bonchev–Trinajstić information content (AvgIpc) is 2.62. The van der Waals surface area contributed by atoms with Crippen LogP contribution in [0.3, 0.4) is 0 Å². The van der Waals surface area contributed by atoms with Gasteiger partial charge in [0.1, 0.15) is 12.4 Å². The molecule has 0 saturated carbocycles. The molecule has 2 rings (SSSR count). The largest absolute Gasteiger partial charge is 0.485 e. The van der Waals surface area contributed by atoms with E-state index >= 15 is 0 Å². The zero-order valence-corrected chi connectivity index (χ0v) is 15.1. The molecule has 1 aromatic carbocycles. The normalized spacial score (nSPS) is 10.6. The summed E-state index contributed by atoms with van der Waals surface area (Å²) in [5, 5.41) is 2.94. The lowest BCUT2D eigenvalue weighted by Gasteiger charge is -2.23. The second kappa shape index (κ2) is 9.64. The Hall–Kier alpha value is -2.60. The van der Waals surface area contributed by atoms with Crippen molar-refractivity contribution < 1.29 is 9.53 Å². The summed E-state index contributed by atoms with van der Waals surface area (Å²) in [6, 6.07) is 13.0. The van der Waals surface area contributed by atoms with Crippen molar-refractivity contribution in [1.29, 1.82) is 0 Å². The predicted octanol–water partition coefficient (Wildman–Crippen LogP) is 3.08. The van der Waals surface area contributed by atoms with Gasteiger partial charge in [-0.05, 0) is 45.3 Å². The van der Waals surface area contributed by atoms with E-state index in [2.05, 4.69) is 15.2 Å². The average molecular weight is 342 g/mol. The number of nitrogens with one attached hydrogen (secondary N) is 1. The Balaban J connectivity index is 2.00. The third kappa shape index (κ3) is 6.08. The predicted molar refractivity (Wildman–Crippen MR) is 99.8 cm³/mol. The molecule has 0 aliphatic carbocycles. The minimum atomic E-state index is -0.127. The Morgan fingerprint density at radius 1 is 1.12 bits per heavy atom. The molecule has 6 nitrogen and oxygen atoms in total. The van der Waals surface area contributed by atoms with Gasteiger partial charge in [0, 0.05) is 25.8 Å². The second-order valence-corrected chi connectivity index (χ2v) is 5.92. The highest BCUT2D eigenvalue weighted by atomic mass is 16.5. The Morgan fingerprint density at radius 3 is 2.56 bits per heavy atom. The number of carbonyl (C=O) groups is 1. The van der Waals surface area contributed by atoms with E-state index < -0.39 is 0 Å². The number of hydrogen-bond donors (Lipinski definition) is 1. The summed E-state index contributed by atoms with van der Waals surface area (Å²) in [4.78, 5) is 20.6. The number of urea groups is 1. The number of aromatic nitrogens is 1. The zero-order chi connectivity index (χ0) is 18.1. The molecule has 6 heteroatoms. The van der Waals surface area contributed by atoms with Crippen molar-refractivity contribution in [3.8, 4) is 5.75 Å². The molecule has 0 atom stereocenters. The molecule has 1 N–H and O–H groups in total. The molecule has 2 aromatic rings. The number of para-hydroxylation sites is 2. The van der Waals surface area contributed by atoms with Crippen LogP contribution in [0, 0.1) is 0 Å². The number of pyridine rings is 1. The highest BCUT2D eigenvalue weighted by molar-refractivity contribution is 5.90. The molecule has 0 spiro atoms. The number of anilines is 1. The Kier molecular flexibility index (Phi) is 7.22. The van der Waals surface area contributed by atoms with Crippen LogP contribution in [0.4, 0.5) is 10.5 Å². The van der Waals surface area contributed by atoms with Crippen molar-refractivity contribution in [3.05, 3.63) is 54.4 Å². The van der Waals surface area contributed by atoms with Gasteiger partial charge >= 0.3 is 6.03 Å². The van der Waals surface area contributed by atoms with E-state index in [1.165, 1.54) is 0 Å². The van der Waals surface area contributed by atoms with Gasteiger partial charge in [0.2, 0.25) is 0 Å². The highest BCUT2D eigenvalue weighted by Crippen LogP contribution is 2.24. The van der Waals surface area contributed by atoms with Crippen LogP contribution in [0.1, 0.15) is 12.6 Å². The summed E-state index contributed by atoms with van der Waals surface area (Å²) >= 11 is 0. The van der Waals surface area contributed by atoms with Gasteiger partial charge in [-0.2, -0.15) is 0 Å². The van der Waals surface area contributed by atoms with Crippen molar-refractivity contribution in [1.82, 2.24) is 14.8 Å². The monoisotopic (exact) mass is 342 g/mol. The fourth-order valence-corrected chi connectivity index (χ4v) is 2.25. The molecular formula is C19H26N4O2. The Bertz CT molecular complexity index is 661. The fourth-order valence-electron chi connectivity index (χ4n) is 2.25. The van der Waals surface area contributed by atoms with Gasteiger partial charge in [-0.1, -0.05) is 18.2 Å². The van der Waals surface area contributed by atoms with E-state index in [0.29, 0.717) is 31.1 Å². The first-order chi connectivity index (χ1) is 12.1. The third-order valence-electron chi connectivity index (χ3n) is 3.72. The van der Waals surface area contributed by atoms with Gasteiger partial charge < -0.3 is 19.9 Å². The lowest BCUT2D eigenvalue weighted by atomic mass is 10.3. The minimum absolute atomic E-state index is 0.127. The van der Waals surface area contributed by atoms with Gasteiger partial charge in [-0.15, -0.1) is 0 Å². The number of likely N-dealkylation sites (N-methyl/N-ethyl adjacent to an activating group) is 2. The van der Waals surface area contributed by atoms with Gasteiger partial charge in [-0.25, -0.2) is 4.79 Å². The smallest absolute Gasteiger partial charge is 0.321 e. The number of hydrogen-bond acceptors (Lipinski definition) is 4. The maximum atomic E-state index is 12.5. The number of benzene rings is 1. The van der Waals surface area contributed by atoms with E-state index in [1.54, 1.807) is 11.1 Å². The van der Waals surface area contributed by atoms with Crippen molar-refractivity contribution in [2.75, 3.05) is 39.0 Å². The first kappa shape index (κ1) is 18.7. The molecule has 1 aromatic heterocycles. The topological polar surface area (TPSA) is 57.7 Å². The molecule has 134 valence electrons. The Morgan fingerprint density at radius 2 is 1.88 bits per heavy atom. The van der Waals surface area contributed by atoms with Crippen LogP contribution in [-0.2, 0) is 6.61 Å². The Labute approximate surface area is 149 Å². The van der Waals surface area contributed by atoms with Crippen molar-refractivity contribution in [3.63, 3.8) is 0 Å². The van der Waals surface area contributed by atoms with Gasteiger partial charge in [-0.3, -0.25) is 4.98 Å². The molecule has 0 saturated heterocycles. The van der Waals surface area contributed by atoms with Gasteiger partial charge in [0.25, 0.3) is 0 Å². The number of carbonyl (C=O) groups excluding carboxylic acids is 1. The van der Waals surface area contributed by atoms with E-state index in [0.717, 1.165) is 12.2 Å². The summed E-state index contributed by atoms with van der Waals surface area (Å²) in [6.45, 7) is 4.46. The minimum Gasteiger partial charge on any atom is -0.485 e. The molecule has 0 aliphatic heterocycles. The molecule has 2 amide bonds. The lowest BCUT2D eigenvalue weighted by molar-refractivity contribution is 0.208. The van der Waals surface area contributed by atoms with Crippen LogP contribution in [0.2, 0.25) is 0 Å². The number of amides is 2. The maximum Gasteiger partial charge on any atom is 0.321 e. The highest BCUT2D eigenvalue weighted by Gasteiger charge is 2.14. The van der Waals surface area contributed by atoms with Crippen molar-refractivity contribution >= 4 is 11.7 Å². The van der Waals surface area contributed by atoms with E-state index in [1.807, 2.05) is 63.5 Å². The number of nitrogens with zero attached hydrogens (tertiary/aromatic N) is 3. The molecule has 0 radical (unpaired) electrons. The second-order valence-electron chi connectivity index (χ2n) is 5.92. The molecule has 0 unspecified atom stereocenters. The zero-order valence-electron chi connectivity index (χ0n) is 15.1. The van der Waals surface area contributed by atoms with Crippen LogP contribution in [-0.4, -0.2) is 54.5 Å². The summed E-state index contributed by atoms with van der Waals surface area (Å²) in [7, 11) is 3.99. The molecule has 1 heterocycles. The van der Waals surface area contributed by atoms with Crippen molar-refractivity contribution in [2.45, 2.75) is 13.5 Å². The maximum absolute atomic E-state index is 12.5. The lowest BCUT2D eigenvalue weighted by Crippen LogP contribution is -2.39. The molecule has 0 aliphatic rings. The third-order valence-corrected chi connectivity index (χ3v) is 3.72. The summed E-state index contributed by atoms with van der Waals surface area (Å²) in [5.74, 6) is 0.630. The van der Waals surface area contributed by atoms with E-state index in [4.69, 9.17) is 4.74 Å². The number of rotatable bonds is 8. The molecule has 0 fully saturated rings. The molecular weight excluding hydrogens is 316 g/mol. The quantitative estimate of drug-likeness (QED) is 0.801. The van der Waals surface area contributed by atoms with Gasteiger partial charge in [0.05, 0.1) is 11.4 Å². The summed E-state index contributed by atoms with van der Waals surface area (Å²) in [5.41, 5.74) is 1.50. The molecule has 25 heavy (non-hydrogen) atoms. The van der Waals surface area contributed by atoms with Crippen LogP contribution < -0.4 is 10.1 Å². The van der Waals surface area contributed by atoms with Gasteiger partial charge in [0.15, 0.2) is 0 Å². The van der Waals surface area contributed by atoms with Crippen molar-refractivity contribution in [2.24, 2.45) is 0 Å². The first-order valence-corrected chi connectivity index (χ1v) is 8.42. The number of ether oxygens (including phenoxy) is 1. The van der Waals surface area contributed by atoms with Crippen LogP contribution >= 0.6 is 0 Å². The van der Waals surface area contributed by atoms with E-state index in [9.17, 15) is 4.79 Å². The standard InChI is InChI=1S/C19H26N4O2/c1-4-23(14-13-22(2)3)19(24)21-17-10-5-6-11-18(17)25-15-16-9-7-8-12-20-16/h5-12H,4,13-15H2,1-3H3,(H,21,24). The summed E-state index contributed by atoms with van der Waals surface area (Å²) < 4.78 is 5.83. The van der Waals surface area contributed by atoms with Crippen LogP contribution in [0.5, 0.6) is 5.75 Å². The van der Waals surface area contributed by atoms with Crippen LogP contribution in [0.25, 0.3) is 0 Å². The first-order valence-electron chi connectivity index (χ1n) is 8.42. The van der Waals surface area contributed by atoms with Crippen LogP contribution in [0.15, 0.2) is 48.7 Å². The SMILES string of the molecule is CCN(CCN(C)C)C(=O)Nc1ccccc1OCc1ccccn1. The summed E-state index contributed by atoms with van der Waals surface area (Å²) in [6.07, 6.45) is 1.73. The fraction of sp³-hybridized carbons (Fsp3) is 0.368.